The van der Waals surface area contributed by atoms with Crippen molar-refractivity contribution in [3.05, 3.63) is 23.8 Å². The summed E-state index contributed by atoms with van der Waals surface area (Å²) in [5.74, 6) is 0.239. The van der Waals surface area contributed by atoms with Crippen LogP contribution in [0.4, 0.5) is 5.69 Å². The van der Waals surface area contributed by atoms with E-state index in [2.05, 4.69) is 10.8 Å². The van der Waals surface area contributed by atoms with Gasteiger partial charge < -0.3 is 14.8 Å². The monoisotopic (exact) mass is 252 g/mol. The molecule has 1 aromatic carbocycles. The standard InChI is InChI=1S/C12H16N2O4/c1-16-7-8-18-14-12(15)9-3-2-4-10-11(9)17-6-5-13-10/h2-4,13H,5-8H2,1H3,(H,14,15). The van der Waals surface area contributed by atoms with Gasteiger partial charge in [-0.25, -0.2) is 5.48 Å². The average Bonchev–Trinajstić information content (AvgIpc) is 2.43. The van der Waals surface area contributed by atoms with E-state index in [-0.39, 0.29) is 5.91 Å². The molecule has 0 fully saturated rings. The first-order chi connectivity index (χ1) is 8.83. The van der Waals surface area contributed by atoms with Crippen LogP contribution in [0.25, 0.3) is 0 Å². The summed E-state index contributed by atoms with van der Waals surface area (Å²) in [5, 5.41) is 3.17. The molecule has 2 rings (SSSR count). The summed E-state index contributed by atoms with van der Waals surface area (Å²) in [6.07, 6.45) is 0. The Bertz CT molecular complexity index is 423. The minimum absolute atomic E-state index is 0.302. The molecule has 1 aromatic rings. The van der Waals surface area contributed by atoms with Crippen LogP contribution in [-0.4, -0.2) is 39.4 Å². The number of hydrogen-bond donors (Lipinski definition) is 2. The topological polar surface area (TPSA) is 68.8 Å². The number of amides is 1. The van der Waals surface area contributed by atoms with Crippen molar-refractivity contribution in [1.82, 2.24) is 5.48 Å². The molecular weight excluding hydrogens is 236 g/mol. The van der Waals surface area contributed by atoms with E-state index in [1.54, 1.807) is 19.2 Å². The number of ether oxygens (including phenoxy) is 2. The Morgan fingerprint density at radius 3 is 3.22 bits per heavy atom. The van der Waals surface area contributed by atoms with Crippen molar-refractivity contribution in [3.63, 3.8) is 0 Å². The number of carbonyl (C=O) groups excluding carboxylic acids is 1. The Morgan fingerprint density at radius 2 is 2.39 bits per heavy atom. The lowest BCUT2D eigenvalue weighted by atomic mass is 10.1. The van der Waals surface area contributed by atoms with Crippen LogP contribution in [0.3, 0.4) is 0 Å². The summed E-state index contributed by atoms with van der Waals surface area (Å²) >= 11 is 0. The smallest absolute Gasteiger partial charge is 0.278 e. The van der Waals surface area contributed by atoms with Crippen molar-refractivity contribution in [1.29, 1.82) is 0 Å². The van der Waals surface area contributed by atoms with Crippen LogP contribution in [0.2, 0.25) is 0 Å². The molecule has 0 atom stereocenters. The van der Waals surface area contributed by atoms with Crippen LogP contribution in [0.1, 0.15) is 10.4 Å². The van der Waals surface area contributed by atoms with Crippen molar-refractivity contribution in [2.45, 2.75) is 0 Å². The molecule has 2 N–H and O–H groups in total. The van der Waals surface area contributed by atoms with Gasteiger partial charge in [0, 0.05) is 13.7 Å². The van der Waals surface area contributed by atoms with Crippen LogP contribution >= 0.6 is 0 Å². The second-order valence-corrected chi connectivity index (χ2v) is 3.73. The first kappa shape index (κ1) is 12.7. The van der Waals surface area contributed by atoms with Gasteiger partial charge in [-0.3, -0.25) is 9.63 Å². The maximum absolute atomic E-state index is 11.9. The van der Waals surface area contributed by atoms with Gasteiger partial charge in [0.05, 0.1) is 24.5 Å². The van der Waals surface area contributed by atoms with E-state index >= 15 is 0 Å². The number of hydroxylamine groups is 1. The number of fused-ring (bicyclic) bond motifs is 1. The fourth-order valence-corrected chi connectivity index (χ4v) is 1.65. The number of benzene rings is 1. The second-order valence-electron chi connectivity index (χ2n) is 3.73. The Kier molecular flexibility index (Phi) is 4.38. The van der Waals surface area contributed by atoms with Crippen LogP contribution < -0.4 is 15.5 Å². The van der Waals surface area contributed by atoms with Crippen molar-refractivity contribution in [2.75, 3.05) is 38.8 Å². The van der Waals surface area contributed by atoms with Gasteiger partial charge in [-0.1, -0.05) is 6.07 Å². The molecule has 6 nitrogen and oxygen atoms in total. The van der Waals surface area contributed by atoms with E-state index in [1.807, 2.05) is 6.07 Å². The summed E-state index contributed by atoms with van der Waals surface area (Å²) < 4.78 is 10.3. The maximum atomic E-state index is 11.9. The zero-order valence-electron chi connectivity index (χ0n) is 10.2. The average molecular weight is 252 g/mol. The Hall–Kier alpha value is -1.79. The molecular formula is C12H16N2O4. The summed E-state index contributed by atoms with van der Waals surface area (Å²) in [5.41, 5.74) is 3.64. The van der Waals surface area contributed by atoms with E-state index < -0.39 is 0 Å². The fraction of sp³-hybridized carbons (Fsp3) is 0.417. The Morgan fingerprint density at radius 1 is 1.50 bits per heavy atom. The van der Waals surface area contributed by atoms with Gasteiger partial charge in [0.1, 0.15) is 6.61 Å². The van der Waals surface area contributed by atoms with Crippen molar-refractivity contribution >= 4 is 11.6 Å². The predicted octanol–water partition coefficient (Wildman–Crippen LogP) is 0.799. The third-order valence-corrected chi connectivity index (χ3v) is 2.48. The SMILES string of the molecule is COCCONC(=O)c1cccc2c1OCCN2. The molecule has 1 aliphatic heterocycles. The van der Waals surface area contributed by atoms with Crippen molar-refractivity contribution < 1.29 is 19.1 Å². The molecule has 0 saturated carbocycles. The number of methoxy groups -OCH3 is 1. The molecule has 1 heterocycles. The predicted molar refractivity (Wildman–Crippen MR) is 65.7 cm³/mol. The molecule has 0 radical (unpaired) electrons. The third-order valence-electron chi connectivity index (χ3n) is 2.48. The molecule has 0 aliphatic carbocycles. The lowest BCUT2D eigenvalue weighted by molar-refractivity contribution is 0.00870. The molecule has 1 amide bonds. The van der Waals surface area contributed by atoms with Gasteiger partial charge >= 0.3 is 0 Å². The Labute approximate surface area is 105 Å². The number of anilines is 1. The highest BCUT2D eigenvalue weighted by Crippen LogP contribution is 2.30. The molecule has 0 spiro atoms. The highest BCUT2D eigenvalue weighted by atomic mass is 16.7. The van der Waals surface area contributed by atoms with E-state index in [9.17, 15) is 4.79 Å². The quantitative estimate of drug-likeness (QED) is 0.599. The highest BCUT2D eigenvalue weighted by molar-refractivity contribution is 5.98. The normalized spacial score (nSPS) is 13.2. The molecule has 0 aromatic heterocycles. The molecule has 0 saturated heterocycles. The first-order valence-corrected chi connectivity index (χ1v) is 5.73. The number of carbonyl (C=O) groups is 1. The van der Waals surface area contributed by atoms with Crippen LogP contribution in [0.5, 0.6) is 5.75 Å². The molecule has 18 heavy (non-hydrogen) atoms. The molecule has 98 valence electrons. The van der Waals surface area contributed by atoms with E-state index in [0.717, 1.165) is 12.2 Å². The van der Waals surface area contributed by atoms with Gasteiger partial charge in [0.25, 0.3) is 5.91 Å². The fourth-order valence-electron chi connectivity index (χ4n) is 1.65. The molecule has 0 unspecified atom stereocenters. The lowest BCUT2D eigenvalue weighted by Crippen LogP contribution is -2.27. The van der Waals surface area contributed by atoms with Gasteiger partial charge in [0.2, 0.25) is 0 Å². The largest absolute Gasteiger partial charge is 0.489 e. The third kappa shape index (κ3) is 2.91. The minimum Gasteiger partial charge on any atom is -0.489 e. The zero-order valence-corrected chi connectivity index (χ0v) is 10.2. The van der Waals surface area contributed by atoms with Crippen molar-refractivity contribution in [3.8, 4) is 5.75 Å². The summed E-state index contributed by atoms with van der Waals surface area (Å²) in [4.78, 5) is 16.9. The summed E-state index contributed by atoms with van der Waals surface area (Å²) in [6, 6.07) is 5.36. The van der Waals surface area contributed by atoms with Gasteiger partial charge in [-0.05, 0) is 12.1 Å². The number of rotatable bonds is 5. The highest BCUT2D eigenvalue weighted by Gasteiger charge is 2.18. The van der Waals surface area contributed by atoms with Crippen LogP contribution in [0.15, 0.2) is 18.2 Å². The summed E-state index contributed by atoms with van der Waals surface area (Å²) in [6.45, 7) is 2.01. The van der Waals surface area contributed by atoms with Crippen LogP contribution in [0, 0.1) is 0 Å². The maximum Gasteiger partial charge on any atom is 0.278 e. The Balaban J connectivity index is 2.01. The van der Waals surface area contributed by atoms with E-state index in [0.29, 0.717) is 31.1 Å². The summed E-state index contributed by atoms with van der Waals surface area (Å²) in [7, 11) is 1.57. The van der Waals surface area contributed by atoms with E-state index in [1.165, 1.54) is 0 Å². The first-order valence-electron chi connectivity index (χ1n) is 5.73. The zero-order chi connectivity index (χ0) is 12.8. The molecule has 6 heteroatoms. The number of para-hydroxylation sites is 1. The number of nitrogens with one attached hydrogen (secondary N) is 2. The molecule has 0 bridgehead atoms. The molecule has 1 aliphatic rings. The second kappa shape index (κ2) is 6.23. The van der Waals surface area contributed by atoms with E-state index in [4.69, 9.17) is 14.3 Å². The lowest BCUT2D eigenvalue weighted by Gasteiger charge is -2.21. The van der Waals surface area contributed by atoms with Crippen LogP contribution in [-0.2, 0) is 9.57 Å². The van der Waals surface area contributed by atoms with Gasteiger partial charge in [-0.2, -0.15) is 0 Å². The van der Waals surface area contributed by atoms with Crippen molar-refractivity contribution in [2.24, 2.45) is 0 Å². The minimum atomic E-state index is -0.327. The van der Waals surface area contributed by atoms with Gasteiger partial charge in [0.15, 0.2) is 5.75 Å². The van der Waals surface area contributed by atoms with Gasteiger partial charge in [-0.15, -0.1) is 0 Å². The number of hydrogen-bond acceptors (Lipinski definition) is 5.